The van der Waals surface area contributed by atoms with Crippen molar-refractivity contribution >= 4 is 0 Å². The quantitative estimate of drug-likeness (QED) is 0.825. The molecule has 1 aliphatic rings. The molecule has 1 N–H and O–H groups in total. The fraction of sp³-hybridized carbons (Fsp3) is 0.647. The van der Waals surface area contributed by atoms with Gasteiger partial charge < -0.3 is 14.8 Å². The van der Waals surface area contributed by atoms with Crippen LogP contribution in [0.2, 0.25) is 0 Å². The van der Waals surface area contributed by atoms with E-state index >= 15 is 0 Å². The van der Waals surface area contributed by atoms with Gasteiger partial charge in [0.05, 0.1) is 0 Å². The van der Waals surface area contributed by atoms with Gasteiger partial charge in [0.1, 0.15) is 12.7 Å². The Hall–Kier alpha value is -1.22. The normalized spacial score (nSPS) is 20.4. The number of ether oxygens (including phenoxy) is 2. The van der Waals surface area contributed by atoms with Crippen LogP contribution in [-0.2, 0) is 0 Å². The second-order valence-electron chi connectivity index (χ2n) is 5.71. The summed E-state index contributed by atoms with van der Waals surface area (Å²) in [6.07, 6.45) is 3.75. The maximum Gasteiger partial charge on any atom is 0.161 e. The van der Waals surface area contributed by atoms with Crippen molar-refractivity contribution in [2.24, 2.45) is 5.92 Å². The molecule has 2 rings (SSSR count). The third kappa shape index (κ3) is 3.89. The molecule has 20 heavy (non-hydrogen) atoms. The molecule has 0 aliphatic carbocycles. The molecule has 0 radical (unpaired) electrons. The Balaban J connectivity index is 2.00. The highest BCUT2D eigenvalue weighted by molar-refractivity contribution is 5.40. The van der Waals surface area contributed by atoms with E-state index in [1.54, 1.807) is 0 Å². The van der Waals surface area contributed by atoms with E-state index < -0.39 is 0 Å². The first-order valence-electron chi connectivity index (χ1n) is 7.86. The fourth-order valence-corrected chi connectivity index (χ4v) is 2.91. The number of hydrogen-bond acceptors (Lipinski definition) is 3. The Morgan fingerprint density at radius 1 is 1.25 bits per heavy atom. The Morgan fingerprint density at radius 3 is 2.70 bits per heavy atom. The molecule has 1 aromatic rings. The van der Waals surface area contributed by atoms with Crippen LogP contribution < -0.4 is 14.8 Å². The van der Waals surface area contributed by atoms with E-state index in [0.29, 0.717) is 18.6 Å². The Labute approximate surface area is 122 Å². The summed E-state index contributed by atoms with van der Waals surface area (Å²) in [7, 11) is 0. The molecule has 0 bridgehead atoms. The summed E-state index contributed by atoms with van der Waals surface area (Å²) < 4.78 is 12.0. The van der Waals surface area contributed by atoms with Gasteiger partial charge >= 0.3 is 0 Å². The zero-order chi connectivity index (χ0) is 14.4. The van der Waals surface area contributed by atoms with Gasteiger partial charge in [0.25, 0.3) is 0 Å². The van der Waals surface area contributed by atoms with E-state index in [-0.39, 0.29) is 6.10 Å². The van der Waals surface area contributed by atoms with Crippen LogP contribution in [0, 0.1) is 5.92 Å². The number of likely N-dealkylation sites (N-methyl/N-ethyl adjacent to an activating group) is 1. The third-order valence-electron chi connectivity index (χ3n) is 3.88. The van der Waals surface area contributed by atoms with E-state index in [0.717, 1.165) is 24.5 Å². The predicted octanol–water partition coefficient (Wildman–Crippen LogP) is 3.63. The molecule has 3 unspecified atom stereocenters. The van der Waals surface area contributed by atoms with Crippen molar-refractivity contribution in [3.05, 3.63) is 24.3 Å². The molecule has 3 nitrogen and oxygen atoms in total. The van der Waals surface area contributed by atoms with Gasteiger partial charge in [0.15, 0.2) is 11.5 Å². The number of rotatable bonds is 7. The zero-order valence-corrected chi connectivity index (χ0v) is 12.9. The van der Waals surface area contributed by atoms with Gasteiger partial charge in [0.2, 0.25) is 0 Å². The van der Waals surface area contributed by atoms with Gasteiger partial charge in [-0.2, -0.15) is 0 Å². The molecule has 3 atom stereocenters. The lowest BCUT2D eigenvalue weighted by Crippen LogP contribution is -2.48. The maximum atomic E-state index is 6.14. The van der Waals surface area contributed by atoms with Crippen molar-refractivity contribution in [2.45, 2.75) is 52.2 Å². The Bertz CT molecular complexity index is 408. The van der Waals surface area contributed by atoms with Gasteiger partial charge in [-0.15, -0.1) is 0 Å². The molecule has 0 saturated carbocycles. The van der Waals surface area contributed by atoms with Gasteiger partial charge in [-0.05, 0) is 31.0 Å². The average molecular weight is 277 g/mol. The molecule has 1 heterocycles. The van der Waals surface area contributed by atoms with Crippen LogP contribution in [0.1, 0.15) is 40.0 Å². The lowest BCUT2D eigenvalue weighted by Gasteiger charge is -2.33. The molecule has 0 spiro atoms. The van der Waals surface area contributed by atoms with E-state index in [1.165, 1.54) is 12.8 Å². The van der Waals surface area contributed by atoms with Gasteiger partial charge in [-0.3, -0.25) is 0 Å². The van der Waals surface area contributed by atoms with Crippen LogP contribution >= 0.6 is 0 Å². The van der Waals surface area contributed by atoms with Crippen molar-refractivity contribution in [2.75, 3.05) is 13.2 Å². The van der Waals surface area contributed by atoms with Crippen LogP contribution in [0.15, 0.2) is 24.3 Å². The number of hydrogen-bond donors (Lipinski definition) is 1. The number of para-hydroxylation sites is 2. The number of benzene rings is 1. The summed E-state index contributed by atoms with van der Waals surface area (Å²) in [6, 6.07) is 8.28. The first-order chi connectivity index (χ1) is 9.74. The summed E-state index contributed by atoms with van der Waals surface area (Å²) in [5.41, 5.74) is 0. The lowest BCUT2D eigenvalue weighted by molar-refractivity contribution is 0.0553. The second-order valence-corrected chi connectivity index (χ2v) is 5.71. The monoisotopic (exact) mass is 277 g/mol. The van der Waals surface area contributed by atoms with Crippen molar-refractivity contribution in [1.82, 2.24) is 5.32 Å². The zero-order valence-electron chi connectivity index (χ0n) is 12.9. The lowest BCUT2D eigenvalue weighted by atomic mass is 9.94. The molecular formula is C17H27NO2. The maximum absolute atomic E-state index is 6.14. The molecule has 1 aliphatic heterocycles. The minimum atomic E-state index is 0.101. The molecule has 0 amide bonds. The third-order valence-corrected chi connectivity index (χ3v) is 3.88. The highest BCUT2D eigenvalue weighted by Crippen LogP contribution is 2.32. The fourth-order valence-electron chi connectivity index (χ4n) is 2.91. The number of fused-ring (bicyclic) bond motifs is 1. The van der Waals surface area contributed by atoms with Crippen LogP contribution in [0.4, 0.5) is 0 Å². The molecular weight excluding hydrogens is 250 g/mol. The van der Waals surface area contributed by atoms with Crippen molar-refractivity contribution in [1.29, 1.82) is 0 Å². The molecule has 0 saturated heterocycles. The second kappa shape index (κ2) is 7.53. The van der Waals surface area contributed by atoms with Crippen molar-refractivity contribution in [3.8, 4) is 11.5 Å². The Kier molecular flexibility index (Phi) is 5.72. The highest BCUT2D eigenvalue weighted by Gasteiger charge is 2.29. The molecule has 1 aromatic carbocycles. The van der Waals surface area contributed by atoms with Crippen molar-refractivity contribution in [3.63, 3.8) is 0 Å². The van der Waals surface area contributed by atoms with E-state index in [1.807, 2.05) is 24.3 Å². The minimum absolute atomic E-state index is 0.101. The molecule has 0 fully saturated rings. The SMILES string of the molecule is CCCC(C)CC(NCC)C1COc2ccccc2O1. The van der Waals surface area contributed by atoms with Crippen LogP contribution in [0.25, 0.3) is 0 Å². The summed E-state index contributed by atoms with van der Waals surface area (Å²) in [6.45, 7) is 8.31. The first-order valence-corrected chi connectivity index (χ1v) is 7.86. The highest BCUT2D eigenvalue weighted by atomic mass is 16.6. The smallest absolute Gasteiger partial charge is 0.161 e. The summed E-state index contributed by atoms with van der Waals surface area (Å²) in [4.78, 5) is 0. The van der Waals surface area contributed by atoms with Gasteiger partial charge in [-0.1, -0.05) is 45.7 Å². The summed E-state index contributed by atoms with van der Waals surface area (Å²) in [5.74, 6) is 2.44. The largest absolute Gasteiger partial charge is 0.486 e. The first kappa shape index (κ1) is 15.2. The molecule has 3 heteroatoms. The van der Waals surface area contributed by atoms with Gasteiger partial charge in [0, 0.05) is 6.04 Å². The predicted molar refractivity (Wildman–Crippen MR) is 82.5 cm³/mol. The van der Waals surface area contributed by atoms with Crippen LogP contribution in [-0.4, -0.2) is 25.3 Å². The minimum Gasteiger partial charge on any atom is -0.486 e. The average Bonchev–Trinajstić information content (AvgIpc) is 2.46. The summed E-state index contributed by atoms with van der Waals surface area (Å²) in [5, 5.41) is 3.57. The van der Waals surface area contributed by atoms with Crippen LogP contribution in [0.3, 0.4) is 0 Å². The van der Waals surface area contributed by atoms with Crippen molar-refractivity contribution < 1.29 is 9.47 Å². The Morgan fingerprint density at radius 2 is 2.00 bits per heavy atom. The molecule has 112 valence electrons. The van der Waals surface area contributed by atoms with Crippen LogP contribution in [0.5, 0.6) is 11.5 Å². The molecule has 0 aromatic heterocycles. The van der Waals surface area contributed by atoms with E-state index in [2.05, 4.69) is 26.1 Å². The standard InChI is InChI=1S/C17H27NO2/c1-4-8-13(3)11-14(18-5-2)17-12-19-15-9-6-7-10-16(15)20-17/h6-7,9-10,13-14,17-18H,4-5,8,11-12H2,1-3H3. The van der Waals surface area contributed by atoms with E-state index in [9.17, 15) is 0 Å². The van der Waals surface area contributed by atoms with Gasteiger partial charge in [-0.25, -0.2) is 0 Å². The number of nitrogens with one attached hydrogen (secondary N) is 1. The topological polar surface area (TPSA) is 30.5 Å². The summed E-state index contributed by atoms with van der Waals surface area (Å²) >= 11 is 0. The van der Waals surface area contributed by atoms with E-state index in [4.69, 9.17) is 9.47 Å².